The van der Waals surface area contributed by atoms with Gasteiger partial charge in [0, 0.05) is 51.2 Å². The minimum absolute atomic E-state index is 0.0117. The Morgan fingerprint density at radius 2 is 1.48 bits per heavy atom. The van der Waals surface area contributed by atoms with Crippen LogP contribution >= 0.6 is 11.3 Å². The van der Waals surface area contributed by atoms with Crippen molar-refractivity contribution >= 4 is 58.3 Å². The number of amides is 5. The zero-order chi connectivity index (χ0) is 62.9. The summed E-state index contributed by atoms with van der Waals surface area (Å²) in [7, 11) is 0. The van der Waals surface area contributed by atoms with Gasteiger partial charge in [0.1, 0.15) is 25.3 Å². The van der Waals surface area contributed by atoms with Crippen LogP contribution in [-0.2, 0) is 75.3 Å². The lowest BCUT2D eigenvalue weighted by Crippen LogP contribution is -2.57. The van der Waals surface area contributed by atoms with E-state index in [2.05, 4.69) is 27.8 Å². The molecule has 1 saturated heterocycles. The summed E-state index contributed by atoms with van der Waals surface area (Å²) < 4.78 is 18.1. The van der Waals surface area contributed by atoms with E-state index in [1.54, 1.807) is 16.2 Å². The highest BCUT2D eigenvalue weighted by Gasteiger charge is 2.46. The molecule has 468 valence electrons. The maximum atomic E-state index is 14.6. The normalized spacial score (nSPS) is 18.7. The summed E-state index contributed by atoms with van der Waals surface area (Å²) in [4.78, 5) is 104. The van der Waals surface area contributed by atoms with E-state index in [1.807, 2.05) is 143 Å². The van der Waals surface area contributed by atoms with Crippen LogP contribution in [0.4, 0.5) is 10.5 Å². The molecule has 17 nitrogen and oxygen atoms in total. The van der Waals surface area contributed by atoms with Gasteiger partial charge >= 0.3 is 6.09 Å². The molecule has 89 heavy (non-hydrogen) atoms. The number of likely N-dealkylation sites (tertiary alicyclic amines) is 1. The predicted molar refractivity (Wildman–Crippen MR) is 341 cm³/mol. The monoisotopic (exact) mass is 1230 g/mol. The maximum absolute atomic E-state index is 14.6. The second-order valence-electron chi connectivity index (χ2n) is 25.4. The molecule has 4 aliphatic rings. The van der Waals surface area contributed by atoms with Crippen molar-refractivity contribution in [1.82, 2.24) is 20.5 Å². The van der Waals surface area contributed by atoms with Gasteiger partial charge in [-0.15, -0.1) is 11.3 Å². The number of benzene rings is 5. The van der Waals surface area contributed by atoms with Crippen molar-refractivity contribution in [1.29, 1.82) is 0 Å². The van der Waals surface area contributed by atoms with E-state index >= 15 is 0 Å². The Morgan fingerprint density at radius 1 is 0.809 bits per heavy atom. The largest absolute Gasteiger partial charge is 0.449 e. The Balaban J connectivity index is 0.661. The summed E-state index contributed by atoms with van der Waals surface area (Å²) in [5.41, 5.74) is 18.8. The van der Waals surface area contributed by atoms with Crippen LogP contribution < -0.4 is 21.3 Å². The predicted octanol–water partition coefficient (Wildman–Crippen LogP) is 9.71. The van der Waals surface area contributed by atoms with Crippen molar-refractivity contribution in [2.75, 3.05) is 31.3 Å². The van der Waals surface area contributed by atoms with Crippen LogP contribution in [0.25, 0.3) is 21.6 Å². The Morgan fingerprint density at radius 3 is 2.17 bits per heavy atom. The minimum Gasteiger partial charge on any atom is -0.449 e. The molecule has 4 heterocycles. The minimum atomic E-state index is -0.949. The van der Waals surface area contributed by atoms with Gasteiger partial charge in [-0.2, -0.15) is 0 Å². The van der Waals surface area contributed by atoms with E-state index in [4.69, 9.17) is 19.9 Å². The standard InChI is InChI=1S/C71H82N6O11S/c1-43-66(89-42-73-43)49-27-24-46(25-28-49)26-32-61(79)59-37-52(78)38-76(59)69(84)67(71(3,4)5)75-64(82)41-86-34-11-10-13-45-20-22-47(23-21-45)39-87-44(2)50(30-33-63(72)81)36-62(80)60-35-51-15-12-14-48-29-31-58(68(83)77(60)65(48)51)74-70(85)88-40-57-55-18-8-6-16-53(55)54-17-7-9-19-56(54)57/h6-9,12,14-25,27-28,42,44,50,52,57-60,67,78H,10-11,13,26,29-41H2,1-5H3,(H2,72,81)(H,74,85)(H,75,82)/t44-,50-,52-,58+,59+,60+,67-/m1/s1. The number of carbonyl (C=O) groups is 7. The number of aryl methyl sites for hydroxylation is 4. The van der Waals surface area contributed by atoms with Crippen molar-refractivity contribution in [3.8, 4) is 21.6 Å². The van der Waals surface area contributed by atoms with Gasteiger partial charge in [-0.25, -0.2) is 9.78 Å². The summed E-state index contributed by atoms with van der Waals surface area (Å²) >= 11 is 1.58. The van der Waals surface area contributed by atoms with Gasteiger partial charge in [-0.1, -0.05) is 136 Å². The molecule has 18 heteroatoms. The smallest absolute Gasteiger partial charge is 0.407 e. The average molecular weight is 1230 g/mol. The second-order valence-corrected chi connectivity index (χ2v) is 26.2. The first kappa shape index (κ1) is 64.1. The highest BCUT2D eigenvalue weighted by Crippen LogP contribution is 2.45. The molecule has 0 radical (unpaired) electrons. The van der Waals surface area contributed by atoms with Crippen LogP contribution in [0.3, 0.4) is 0 Å². The topological polar surface area (TPSA) is 237 Å². The van der Waals surface area contributed by atoms with Gasteiger partial charge in [0.25, 0.3) is 0 Å². The molecule has 7 atom stereocenters. The Kier molecular flexibility index (Phi) is 20.7. The summed E-state index contributed by atoms with van der Waals surface area (Å²) in [5.74, 6) is -2.53. The molecule has 1 fully saturated rings. The number of nitrogens with zero attached hydrogens (tertiary/aromatic N) is 3. The first-order chi connectivity index (χ1) is 42.8. The van der Waals surface area contributed by atoms with Gasteiger partial charge < -0.3 is 40.6 Å². The number of nitrogens with one attached hydrogen (secondary N) is 2. The highest BCUT2D eigenvalue weighted by atomic mass is 32.1. The van der Waals surface area contributed by atoms with Crippen LogP contribution in [-0.4, -0.2) is 119 Å². The number of anilines is 1. The Labute approximate surface area is 525 Å². The zero-order valence-corrected chi connectivity index (χ0v) is 52.4. The fraction of sp³-hybridized carbons (Fsp3) is 0.437. The van der Waals surface area contributed by atoms with E-state index in [-0.39, 0.29) is 81.4 Å². The van der Waals surface area contributed by atoms with Gasteiger partial charge in [0.05, 0.1) is 52.7 Å². The highest BCUT2D eigenvalue weighted by molar-refractivity contribution is 7.13. The van der Waals surface area contributed by atoms with E-state index in [1.165, 1.54) is 4.90 Å². The molecule has 5 aromatic carbocycles. The third kappa shape index (κ3) is 15.4. The first-order valence-corrected chi connectivity index (χ1v) is 32.1. The molecule has 5 amide bonds. The third-order valence-corrected chi connectivity index (χ3v) is 19.0. The molecule has 0 saturated carbocycles. The molecule has 1 aliphatic carbocycles. The number of β-amino-alcohol motifs (C(OH)–C–C–N with tert-alkyl or cyclic N) is 1. The summed E-state index contributed by atoms with van der Waals surface area (Å²) in [6, 6.07) is 34.7. The van der Waals surface area contributed by atoms with Crippen molar-refractivity contribution in [2.24, 2.45) is 17.1 Å². The number of thiazole rings is 1. The summed E-state index contributed by atoms with van der Waals surface area (Å²) in [6.07, 6.45) is 2.71. The van der Waals surface area contributed by atoms with Crippen molar-refractivity contribution in [2.45, 2.75) is 161 Å². The molecule has 0 bridgehead atoms. The summed E-state index contributed by atoms with van der Waals surface area (Å²) in [5, 5.41) is 16.4. The number of aliphatic hydroxyl groups is 1. The number of hydrogen-bond donors (Lipinski definition) is 4. The van der Waals surface area contributed by atoms with E-state index in [0.717, 1.165) is 84.7 Å². The number of primary amides is 1. The van der Waals surface area contributed by atoms with E-state index in [0.29, 0.717) is 45.1 Å². The molecule has 0 unspecified atom stereocenters. The first-order valence-electron chi connectivity index (χ1n) is 31.2. The maximum Gasteiger partial charge on any atom is 0.407 e. The quantitative estimate of drug-likeness (QED) is 0.0353. The summed E-state index contributed by atoms with van der Waals surface area (Å²) in [6.45, 7) is 9.89. The molecular formula is C71H82N6O11S. The molecule has 1 aromatic heterocycles. The number of alkyl carbamates (subject to hydrolysis) is 1. The number of hydrogen-bond acceptors (Lipinski definition) is 13. The third-order valence-electron chi connectivity index (χ3n) is 18.0. The lowest BCUT2D eigenvalue weighted by atomic mass is 9.85. The van der Waals surface area contributed by atoms with E-state index in [9.17, 15) is 38.7 Å². The van der Waals surface area contributed by atoms with Crippen molar-refractivity contribution in [3.63, 3.8) is 0 Å². The molecule has 10 rings (SSSR count). The number of unbranched alkanes of at least 4 members (excludes halogenated alkanes) is 1. The number of carbonyl (C=O) groups excluding carboxylic acids is 7. The number of ketones is 2. The fourth-order valence-corrected chi connectivity index (χ4v) is 13.9. The van der Waals surface area contributed by atoms with Crippen LogP contribution in [0.15, 0.2) is 121 Å². The van der Waals surface area contributed by atoms with Crippen LogP contribution in [0.2, 0.25) is 0 Å². The lowest BCUT2D eigenvalue weighted by Gasteiger charge is -2.35. The molecule has 6 aromatic rings. The van der Waals surface area contributed by atoms with Crippen LogP contribution in [0.5, 0.6) is 0 Å². The number of fused-ring (bicyclic) bond motifs is 3. The number of rotatable bonds is 27. The van der Waals surface area contributed by atoms with Crippen molar-refractivity contribution < 1.29 is 52.9 Å². The number of nitrogens with two attached hydrogens (primary N) is 1. The van der Waals surface area contributed by atoms with Gasteiger partial charge in [0.15, 0.2) is 11.6 Å². The SMILES string of the molecule is Cc1ncsc1-c1ccc(CCC(=O)[C@@H]2C[C@@H](O)CN2C(=O)[C@@H](NC(=O)COCCCCc2ccc(CO[C@H](C)[C@H](CCC(N)=O)CC(=O)[C@@H]3Cc4cccc5c4N3C(=O)[C@@H](NC(=O)OCC3c4ccccc4-c4ccccc43)CC5)cc2)C(C)(C)C)cc1. The lowest BCUT2D eigenvalue weighted by molar-refractivity contribution is -0.144. The second kappa shape index (κ2) is 28.7. The van der Waals surface area contributed by atoms with Crippen LogP contribution in [0.1, 0.15) is 130 Å². The van der Waals surface area contributed by atoms with Gasteiger partial charge in [-0.05, 0) is 126 Å². The zero-order valence-electron chi connectivity index (χ0n) is 51.5. The van der Waals surface area contributed by atoms with E-state index < -0.39 is 65.6 Å². The number of ether oxygens (including phenoxy) is 3. The van der Waals surface area contributed by atoms with Gasteiger partial charge in [-0.3, -0.25) is 33.7 Å². The van der Waals surface area contributed by atoms with Crippen LogP contribution in [0, 0.1) is 18.3 Å². The number of Topliss-reactive ketones (excluding diaryl/α,β-unsaturated/α-hetero) is 2. The molecular weight excluding hydrogens is 1140 g/mol. The Bertz CT molecular complexity index is 3500. The molecule has 5 N–H and O–H groups in total. The number of aliphatic hydroxyl groups excluding tert-OH is 1. The number of aromatic nitrogens is 1. The van der Waals surface area contributed by atoms with Gasteiger partial charge in [0.2, 0.25) is 23.6 Å². The number of para-hydroxylation sites is 1. The van der Waals surface area contributed by atoms with Crippen molar-refractivity contribution in [3.05, 3.63) is 165 Å². The average Bonchev–Trinajstić information content (AvgIpc) is 1.66. The fourth-order valence-electron chi connectivity index (χ4n) is 13.1. The Hall–Kier alpha value is -7.90. The molecule has 3 aliphatic heterocycles. The molecule has 0 spiro atoms.